The molecular formula is C20H26N2O6. The van der Waals surface area contributed by atoms with Crippen molar-refractivity contribution >= 4 is 17.8 Å². The topological polar surface area (TPSA) is 107 Å². The van der Waals surface area contributed by atoms with Crippen molar-refractivity contribution in [3.63, 3.8) is 0 Å². The standard InChI is InChI=1S/C16H22N2O2.C4H4O4/c1-17-12-13(8-11-18-9-4-5-10-18)20-15-7-3-2-6-14(15)16(17)19;5-3(6)1-2-4(7)8/h2-3,6-7,13H,4-5,8-12H2,1H3;1-2H,(H,5,6)(H,7,8)/b;2-1+. The number of carboxylic acids is 2. The van der Waals surface area contributed by atoms with Gasteiger partial charge in [0.25, 0.3) is 5.91 Å². The lowest BCUT2D eigenvalue weighted by atomic mass is 10.2. The fourth-order valence-corrected chi connectivity index (χ4v) is 3.18. The smallest absolute Gasteiger partial charge is 0.328 e. The van der Waals surface area contributed by atoms with Crippen LogP contribution >= 0.6 is 0 Å². The van der Waals surface area contributed by atoms with E-state index in [1.165, 1.54) is 25.9 Å². The normalized spacial score (nSPS) is 19.4. The molecule has 2 N–H and O–H groups in total. The Bertz CT molecular complexity index is 711. The number of rotatable bonds is 5. The van der Waals surface area contributed by atoms with Gasteiger partial charge < -0.3 is 24.7 Å². The van der Waals surface area contributed by atoms with Crippen molar-refractivity contribution in [3.8, 4) is 5.75 Å². The van der Waals surface area contributed by atoms with Crippen molar-refractivity contribution in [2.75, 3.05) is 33.2 Å². The lowest BCUT2D eigenvalue weighted by molar-refractivity contribution is -0.134. The summed E-state index contributed by atoms with van der Waals surface area (Å²) >= 11 is 0. The van der Waals surface area contributed by atoms with Crippen molar-refractivity contribution < 1.29 is 29.3 Å². The molecule has 2 aliphatic rings. The molecule has 0 saturated carbocycles. The minimum Gasteiger partial charge on any atom is -0.488 e. The Morgan fingerprint density at radius 1 is 1.14 bits per heavy atom. The first-order valence-corrected chi connectivity index (χ1v) is 9.24. The van der Waals surface area contributed by atoms with Crippen molar-refractivity contribution in [1.29, 1.82) is 0 Å². The largest absolute Gasteiger partial charge is 0.488 e. The van der Waals surface area contributed by atoms with Gasteiger partial charge in [0, 0.05) is 25.7 Å². The Hall–Kier alpha value is -2.87. The first kappa shape index (κ1) is 21.4. The number of para-hydroxylation sites is 1. The quantitative estimate of drug-likeness (QED) is 0.737. The molecule has 0 bridgehead atoms. The Morgan fingerprint density at radius 2 is 1.75 bits per heavy atom. The number of carbonyl (C=O) groups excluding carboxylic acids is 1. The molecule has 0 aliphatic carbocycles. The lowest BCUT2D eigenvalue weighted by Crippen LogP contribution is -2.36. The molecule has 2 aliphatic heterocycles. The number of carbonyl (C=O) groups is 3. The Labute approximate surface area is 164 Å². The summed E-state index contributed by atoms with van der Waals surface area (Å²) in [7, 11) is 1.86. The van der Waals surface area contributed by atoms with E-state index in [-0.39, 0.29) is 12.0 Å². The van der Waals surface area contributed by atoms with Gasteiger partial charge in [0.2, 0.25) is 0 Å². The van der Waals surface area contributed by atoms with E-state index in [0.717, 1.165) is 18.7 Å². The summed E-state index contributed by atoms with van der Waals surface area (Å²) < 4.78 is 6.07. The third-order valence-electron chi connectivity index (χ3n) is 4.57. The summed E-state index contributed by atoms with van der Waals surface area (Å²) in [4.78, 5) is 35.7. The zero-order valence-corrected chi connectivity index (χ0v) is 15.9. The summed E-state index contributed by atoms with van der Waals surface area (Å²) in [5.41, 5.74) is 0.679. The number of likely N-dealkylation sites (tertiary alicyclic amines) is 1. The minimum absolute atomic E-state index is 0.0595. The predicted molar refractivity (Wildman–Crippen MR) is 103 cm³/mol. The number of fused-ring (bicyclic) bond motifs is 1. The van der Waals surface area contributed by atoms with Gasteiger partial charge in [-0.05, 0) is 44.5 Å². The van der Waals surface area contributed by atoms with Crippen LogP contribution in [0.3, 0.4) is 0 Å². The number of benzene rings is 1. The SMILES string of the molecule is CN1CC(CCN2CCCC2)Oc2ccccc2C1=O.O=C(O)/C=C/C(=O)O. The average molecular weight is 390 g/mol. The highest BCUT2D eigenvalue weighted by atomic mass is 16.5. The van der Waals surface area contributed by atoms with Crippen molar-refractivity contribution in [3.05, 3.63) is 42.0 Å². The maximum Gasteiger partial charge on any atom is 0.328 e. The molecule has 0 radical (unpaired) electrons. The molecular weight excluding hydrogens is 364 g/mol. The zero-order chi connectivity index (χ0) is 20.5. The Balaban J connectivity index is 0.000000300. The summed E-state index contributed by atoms with van der Waals surface area (Å²) in [6.45, 7) is 4.15. The Kier molecular flexibility index (Phi) is 8.01. The summed E-state index contributed by atoms with van der Waals surface area (Å²) in [5.74, 6) is -1.72. The van der Waals surface area contributed by atoms with Crippen LogP contribution in [0.4, 0.5) is 0 Å². The van der Waals surface area contributed by atoms with Crippen molar-refractivity contribution in [2.24, 2.45) is 0 Å². The number of nitrogens with zero attached hydrogens (tertiary/aromatic N) is 2. The van der Waals surface area contributed by atoms with Gasteiger partial charge in [0.15, 0.2) is 0 Å². The minimum atomic E-state index is -1.26. The third-order valence-corrected chi connectivity index (χ3v) is 4.57. The second kappa shape index (κ2) is 10.5. The summed E-state index contributed by atoms with van der Waals surface area (Å²) in [6.07, 6.45) is 4.81. The molecule has 1 amide bonds. The molecule has 1 atom stereocenters. The first-order valence-electron chi connectivity index (χ1n) is 9.24. The van der Waals surface area contributed by atoms with Gasteiger partial charge >= 0.3 is 11.9 Å². The number of hydrogen-bond acceptors (Lipinski definition) is 5. The van der Waals surface area contributed by atoms with Crippen molar-refractivity contribution in [1.82, 2.24) is 9.80 Å². The van der Waals surface area contributed by atoms with Crippen LogP contribution in [-0.2, 0) is 9.59 Å². The van der Waals surface area contributed by atoms with Crippen LogP contribution in [0.5, 0.6) is 5.75 Å². The van der Waals surface area contributed by atoms with Crippen LogP contribution in [0.15, 0.2) is 36.4 Å². The number of amides is 1. The van der Waals surface area contributed by atoms with E-state index < -0.39 is 11.9 Å². The molecule has 1 fully saturated rings. The van der Waals surface area contributed by atoms with Crippen LogP contribution in [0, 0.1) is 0 Å². The van der Waals surface area contributed by atoms with E-state index in [9.17, 15) is 14.4 Å². The van der Waals surface area contributed by atoms with E-state index in [1.807, 2.05) is 31.3 Å². The van der Waals surface area contributed by atoms with E-state index in [4.69, 9.17) is 14.9 Å². The van der Waals surface area contributed by atoms with Crippen LogP contribution in [0.25, 0.3) is 0 Å². The molecule has 2 heterocycles. The highest BCUT2D eigenvalue weighted by molar-refractivity contribution is 5.97. The second-order valence-electron chi connectivity index (χ2n) is 6.77. The van der Waals surface area contributed by atoms with Gasteiger partial charge in [-0.15, -0.1) is 0 Å². The van der Waals surface area contributed by atoms with E-state index in [2.05, 4.69) is 4.90 Å². The fourth-order valence-electron chi connectivity index (χ4n) is 3.18. The third kappa shape index (κ3) is 6.70. The molecule has 0 aromatic heterocycles. The van der Waals surface area contributed by atoms with Crippen molar-refractivity contribution in [2.45, 2.75) is 25.4 Å². The number of carboxylic acid groups (broad SMARTS) is 2. The maximum atomic E-state index is 12.3. The number of ether oxygens (including phenoxy) is 1. The van der Waals surface area contributed by atoms with Gasteiger partial charge in [0.1, 0.15) is 11.9 Å². The molecule has 0 spiro atoms. The van der Waals surface area contributed by atoms with Crippen LogP contribution in [-0.4, -0.2) is 77.2 Å². The van der Waals surface area contributed by atoms with Gasteiger partial charge in [0.05, 0.1) is 12.1 Å². The molecule has 3 rings (SSSR count). The highest BCUT2D eigenvalue weighted by Crippen LogP contribution is 2.25. The van der Waals surface area contributed by atoms with Gasteiger partial charge in [-0.3, -0.25) is 4.79 Å². The van der Waals surface area contributed by atoms with Crippen LogP contribution in [0.2, 0.25) is 0 Å². The van der Waals surface area contributed by atoms with Gasteiger partial charge in [-0.25, -0.2) is 9.59 Å². The van der Waals surface area contributed by atoms with Crippen LogP contribution in [0.1, 0.15) is 29.6 Å². The average Bonchev–Trinajstić information content (AvgIpc) is 3.14. The molecule has 8 heteroatoms. The van der Waals surface area contributed by atoms with E-state index in [0.29, 0.717) is 24.3 Å². The number of likely N-dealkylation sites (N-methyl/N-ethyl adjacent to an activating group) is 1. The molecule has 1 unspecified atom stereocenters. The number of hydrogen-bond donors (Lipinski definition) is 2. The zero-order valence-electron chi connectivity index (χ0n) is 15.9. The monoisotopic (exact) mass is 390 g/mol. The number of aliphatic carboxylic acids is 2. The molecule has 1 saturated heterocycles. The van der Waals surface area contributed by atoms with E-state index in [1.54, 1.807) is 4.90 Å². The predicted octanol–water partition coefficient (Wildman–Crippen LogP) is 1.72. The highest BCUT2D eigenvalue weighted by Gasteiger charge is 2.26. The summed E-state index contributed by atoms with van der Waals surface area (Å²) in [5, 5.41) is 15.6. The maximum absolute atomic E-state index is 12.3. The lowest BCUT2D eigenvalue weighted by Gasteiger charge is -2.23. The van der Waals surface area contributed by atoms with Gasteiger partial charge in [-0.2, -0.15) is 0 Å². The molecule has 1 aromatic carbocycles. The molecule has 1 aromatic rings. The first-order chi connectivity index (χ1) is 13.4. The Morgan fingerprint density at radius 3 is 2.36 bits per heavy atom. The fraction of sp³-hybridized carbons (Fsp3) is 0.450. The molecule has 28 heavy (non-hydrogen) atoms. The summed E-state index contributed by atoms with van der Waals surface area (Å²) in [6, 6.07) is 7.56. The van der Waals surface area contributed by atoms with Gasteiger partial charge in [-0.1, -0.05) is 12.1 Å². The van der Waals surface area contributed by atoms with E-state index >= 15 is 0 Å². The van der Waals surface area contributed by atoms with Crippen LogP contribution < -0.4 is 4.74 Å². The molecule has 152 valence electrons. The second-order valence-corrected chi connectivity index (χ2v) is 6.77. The molecule has 8 nitrogen and oxygen atoms in total.